The van der Waals surface area contributed by atoms with Crippen LogP contribution in [0.4, 0.5) is 11.4 Å². The minimum atomic E-state index is -4.09. The molecular formula is C26H30N2O4S. The summed E-state index contributed by atoms with van der Waals surface area (Å²) in [6.45, 7) is 7.53. The lowest BCUT2D eigenvalue weighted by Crippen LogP contribution is -2.38. The van der Waals surface area contributed by atoms with Crippen molar-refractivity contribution in [1.29, 1.82) is 0 Å². The van der Waals surface area contributed by atoms with Crippen LogP contribution in [-0.2, 0) is 14.8 Å². The highest BCUT2D eigenvalue weighted by Crippen LogP contribution is 2.31. The maximum Gasteiger partial charge on any atom is 0.268 e. The summed E-state index contributed by atoms with van der Waals surface area (Å²) in [4.78, 5) is 12.9. The fourth-order valence-electron chi connectivity index (χ4n) is 3.41. The Morgan fingerprint density at radius 1 is 0.939 bits per heavy atom. The smallest absolute Gasteiger partial charge is 0.268 e. The second kappa shape index (κ2) is 10.1. The average molecular weight is 467 g/mol. The number of nitrogens with zero attached hydrogens (tertiary/aromatic N) is 1. The molecule has 0 aliphatic carbocycles. The topological polar surface area (TPSA) is 75.7 Å². The van der Waals surface area contributed by atoms with Crippen molar-refractivity contribution in [1.82, 2.24) is 0 Å². The molecule has 0 aliphatic rings. The van der Waals surface area contributed by atoms with Crippen LogP contribution in [0.2, 0.25) is 0 Å². The van der Waals surface area contributed by atoms with Gasteiger partial charge in [-0.15, -0.1) is 0 Å². The van der Waals surface area contributed by atoms with E-state index in [-0.39, 0.29) is 17.2 Å². The predicted molar refractivity (Wildman–Crippen MR) is 133 cm³/mol. The first-order valence-electron chi connectivity index (χ1n) is 10.8. The number of aryl methyl sites for hydroxylation is 2. The molecule has 174 valence electrons. The molecule has 0 aromatic heterocycles. The van der Waals surface area contributed by atoms with Crippen LogP contribution in [0.5, 0.6) is 5.75 Å². The van der Waals surface area contributed by atoms with Crippen LogP contribution in [-0.4, -0.2) is 28.0 Å². The Kier molecular flexibility index (Phi) is 7.43. The van der Waals surface area contributed by atoms with E-state index in [0.717, 1.165) is 21.0 Å². The van der Waals surface area contributed by atoms with Gasteiger partial charge in [0.1, 0.15) is 17.2 Å². The third-order valence-electron chi connectivity index (χ3n) is 5.36. The molecule has 3 rings (SSSR count). The SMILES string of the molecule is COc1ccc(C)cc1S(=O)(=O)N(CC(=O)Nc1ccc(C(C)C)cc1)c1ccc(C)cc1. The van der Waals surface area contributed by atoms with E-state index < -0.39 is 15.9 Å². The van der Waals surface area contributed by atoms with Crippen molar-refractivity contribution < 1.29 is 17.9 Å². The van der Waals surface area contributed by atoms with E-state index in [4.69, 9.17) is 4.74 Å². The molecule has 6 nitrogen and oxygen atoms in total. The van der Waals surface area contributed by atoms with Crippen LogP contribution >= 0.6 is 0 Å². The van der Waals surface area contributed by atoms with Gasteiger partial charge < -0.3 is 10.1 Å². The van der Waals surface area contributed by atoms with E-state index >= 15 is 0 Å². The summed E-state index contributed by atoms with van der Waals surface area (Å²) < 4.78 is 33.9. The molecule has 0 heterocycles. The Morgan fingerprint density at radius 3 is 2.12 bits per heavy atom. The monoisotopic (exact) mass is 466 g/mol. The zero-order chi connectivity index (χ0) is 24.2. The molecule has 1 N–H and O–H groups in total. The lowest BCUT2D eigenvalue weighted by atomic mass is 10.0. The highest BCUT2D eigenvalue weighted by atomic mass is 32.2. The summed E-state index contributed by atoms with van der Waals surface area (Å²) in [5, 5.41) is 2.81. The van der Waals surface area contributed by atoms with Gasteiger partial charge in [0, 0.05) is 5.69 Å². The molecule has 0 saturated heterocycles. The van der Waals surface area contributed by atoms with Crippen molar-refractivity contribution in [3.8, 4) is 5.75 Å². The summed E-state index contributed by atoms with van der Waals surface area (Å²) in [5.41, 5.74) is 3.92. The van der Waals surface area contributed by atoms with Gasteiger partial charge in [-0.1, -0.05) is 49.7 Å². The second-order valence-corrected chi connectivity index (χ2v) is 10.2. The zero-order valence-corrected chi connectivity index (χ0v) is 20.4. The summed E-state index contributed by atoms with van der Waals surface area (Å²) in [7, 11) is -2.67. The number of rotatable bonds is 8. The maximum absolute atomic E-state index is 13.7. The molecule has 3 aromatic rings. The van der Waals surface area contributed by atoms with Crippen LogP contribution in [0.15, 0.2) is 71.6 Å². The van der Waals surface area contributed by atoms with Crippen LogP contribution in [0.1, 0.15) is 36.5 Å². The fraction of sp³-hybridized carbons (Fsp3) is 0.269. The Balaban J connectivity index is 1.96. The molecule has 0 radical (unpaired) electrons. The normalized spacial score (nSPS) is 11.3. The number of nitrogens with one attached hydrogen (secondary N) is 1. The number of hydrogen-bond donors (Lipinski definition) is 1. The summed E-state index contributed by atoms with van der Waals surface area (Å²) in [5.74, 6) is 0.159. The number of anilines is 2. The van der Waals surface area contributed by atoms with E-state index in [0.29, 0.717) is 17.3 Å². The van der Waals surface area contributed by atoms with Crippen molar-refractivity contribution in [2.75, 3.05) is 23.3 Å². The highest BCUT2D eigenvalue weighted by molar-refractivity contribution is 7.93. The zero-order valence-electron chi connectivity index (χ0n) is 19.6. The molecule has 1 amide bonds. The van der Waals surface area contributed by atoms with Gasteiger partial charge in [0.2, 0.25) is 5.91 Å². The van der Waals surface area contributed by atoms with Gasteiger partial charge in [0.15, 0.2) is 0 Å². The first kappa shape index (κ1) is 24.3. The number of methoxy groups -OCH3 is 1. The van der Waals surface area contributed by atoms with Crippen LogP contribution in [0.3, 0.4) is 0 Å². The molecule has 0 bridgehead atoms. The molecular weight excluding hydrogens is 436 g/mol. The third-order valence-corrected chi connectivity index (χ3v) is 7.15. The number of ether oxygens (including phenoxy) is 1. The highest BCUT2D eigenvalue weighted by Gasteiger charge is 2.30. The summed E-state index contributed by atoms with van der Waals surface area (Å²) in [6, 6.07) is 19.5. The predicted octanol–water partition coefficient (Wildman–Crippen LogP) is 5.27. The summed E-state index contributed by atoms with van der Waals surface area (Å²) in [6.07, 6.45) is 0. The largest absolute Gasteiger partial charge is 0.495 e. The van der Waals surface area contributed by atoms with Gasteiger partial charge in [-0.05, 0) is 67.3 Å². The van der Waals surface area contributed by atoms with Crippen molar-refractivity contribution in [2.45, 2.75) is 38.5 Å². The van der Waals surface area contributed by atoms with Crippen molar-refractivity contribution in [3.63, 3.8) is 0 Å². The molecule has 3 aromatic carbocycles. The minimum Gasteiger partial charge on any atom is -0.495 e. The molecule has 0 unspecified atom stereocenters. The molecule has 0 fully saturated rings. The number of benzene rings is 3. The first-order chi connectivity index (χ1) is 15.6. The minimum absolute atomic E-state index is 0.0136. The van der Waals surface area contributed by atoms with Gasteiger partial charge in [-0.25, -0.2) is 8.42 Å². The quantitative estimate of drug-likeness (QED) is 0.491. The number of carbonyl (C=O) groups excluding carboxylic acids is 1. The first-order valence-corrected chi connectivity index (χ1v) is 12.2. The standard InChI is InChI=1S/C26H30N2O4S/c1-18(2)21-9-11-22(12-10-21)27-26(29)17-28(23-13-6-19(3)7-14-23)33(30,31)25-16-20(4)8-15-24(25)32-5/h6-16,18H,17H2,1-5H3,(H,27,29). The van der Waals surface area contributed by atoms with Gasteiger partial charge >= 0.3 is 0 Å². The lowest BCUT2D eigenvalue weighted by molar-refractivity contribution is -0.114. The van der Waals surface area contributed by atoms with E-state index in [1.807, 2.05) is 50.2 Å². The number of hydrogen-bond acceptors (Lipinski definition) is 4. The molecule has 0 aliphatic heterocycles. The van der Waals surface area contributed by atoms with Crippen molar-refractivity contribution in [2.24, 2.45) is 0 Å². The fourth-order valence-corrected chi connectivity index (χ4v) is 5.08. The van der Waals surface area contributed by atoms with Gasteiger partial charge in [0.05, 0.1) is 12.8 Å². The van der Waals surface area contributed by atoms with Gasteiger partial charge in [0.25, 0.3) is 10.0 Å². The average Bonchev–Trinajstić information content (AvgIpc) is 2.78. The van der Waals surface area contributed by atoms with E-state index in [1.165, 1.54) is 7.11 Å². The Labute approximate surface area is 196 Å². The van der Waals surface area contributed by atoms with Gasteiger partial charge in [-0.2, -0.15) is 0 Å². The Morgan fingerprint density at radius 2 is 1.55 bits per heavy atom. The summed E-state index contributed by atoms with van der Waals surface area (Å²) >= 11 is 0. The second-order valence-electron chi connectivity index (χ2n) is 8.33. The van der Waals surface area contributed by atoms with Crippen LogP contribution in [0, 0.1) is 13.8 Å². The molecule has 7 heteroatoms. The third kappa shape index (κ3) is 5.73. The number of sulfonamides is 1. The van der Waals surface area contributed by atoms with E-state index in [9.17, 15) is 13.2 Å². The van der Waals surface area contributed by atoms with Crippen molar-refractivity contribution in [3.05, 3.63) is 83.4 Å². The molecule has 33 heavy (non-hydrogen) atoms. The number of carbonyl (C=O) groups is 1. The molecule has 0 saturated carbocycles. The Bertz CT molecular complexity index is 1220. The van der Waals surface area contributed by atoms with Gasteiger partial charge in [-0.3, -0.25) is 9.10 Å². The van der Waals surface area contributed by atoms with Crippen molar-refractivity contribution >= 4 is 27.3 Å². The molecule has 0 atom stereocenters. The van der Waals surface area contributed by atoms with E-state index in [1.54, 1.807) is 30.3 Å². The maximum atomic E-state index is 13.7. The van der Waals surface area contributed by atoms with E-state index in [2.05, 4.69) is 19.2 Å². The number of amides is 1. The lowest BCUT2D eigenvalue weighted by Gasteiger charge is -2.25. The van der Waals surface area contributed by atoms with Crippen LogP contribution in [0.25, 0.3) is 0 Å². The molecule has 0 spiro atoms. The van der Waals surface area contributed by atoms with Crippen LogP contribution < -0.4 is 14.4 Å². The Hall–Kier alpha value is -3.32.